The molecule has 0 aromatic heterocycles. The quantitative estimate of drug-likeness (QED) is 0.0261. The number of allylic oxidation sites excluding steroid dienone is 14. The maximum Gasteiger partial charge on any atom is 0.306 e. The summed E-state index contributed by atoms with van der Waals surface area (Å²) in [6, 6.07) is 0. The second-order valence-electron chi connectivity index (χ2n) is 23.4. The van der Waals surface area contributed by atoms with Gasteiger partial charge in [0.2, 0.25) is 0 Å². The predicted molar refractivity (Wildman–Crippen MR) is 353 cm³/mol. The molecule has 0 saturated heterocycles. The third kappa shape index (κ3) is 67.3. The van der Waals surface area contributed by atoms with E-state index >= 15 is 0 Å². The van der Waals surface area contributed by atoms with Gasteiger partial charge in [-0.2, -0.15) is 0 Å². The van der Waals surface area contributed by atoms with E-state index in [9.17, 15) is 14.4 Å². The minimum Gasteiger partial charge on any atom is -0.462 e. The Morgan fingerprint density at radius 3 is 0.753 bits per heavy atom. The molecule has 6 heteroatoms. The molecule has 0 heterocycles. The van der Waals surface area contributed by atoms with Crippen LogP contribution in [0.1, 0.15) is 355 Å². The molecule has 1 atom stereocenters. The molecule has 1 unspecified atom stereocenters. The van der Waals surface area contributed by atoms with Crippen molar-refractivity contribution < 1.29 is 28.6 Å². The normalized spacial score (nSPS) is 12.6. The van der Waals surface area contributed by atoms with Crippen molar-refractivity contribution in [2.45, 2.75) is 361 Å². The van der Waals surface area contributed by atoms with Crippen molar-refractivity contribution in [3.63, 3.8) is 0 Å². The molecule has 81 heavy (non-hydrogen) atoms. The number of carbonyl (C=O) groups excluding carboxylic acids is 3. The van der Waals surface area contributed by atoms with Crippen LogP contribution in [0.3, 0.4) is 0 Å². The van der Waals surface area contributed by atoms with Crippen LogP contribution in [-0.2, 0) is 28.6 Å². The van der Waals surface area contributed by atoms with Crippen molar-refractivity contribution >= 4 is 17.9 Å². The number of rotatable bonds is 64. The van der Waals surface area contributed by atoms with Gasteiger partial charge in [0, 0.05) is 19.3 Å². The summed E-state index contributed by atoms with van der Waals surface area (Å²) in [7, 11) is 0. The van der Waals surface area contributed by atoms with Gasteiger partial charge in [-0.3, -0.25) is 14.4 Å². The van der Waals surface area contributed by atoms with Crippen LogP contribution in [0.5, 0.6) is 0 Å². The van der Waals surface area contributed by atoms with Crippen LogP contribution in [0.4, 0.5) is 0 Å². The van der Waals surface area contributed by atoms with Gasteiger partial charge in [-0.05, 0) is 96.3 Å². The molecular formula is C75H132O6. The molecule has 0 aliphatic heterocycles. The van der Waals surface area contributed by atoms with Gasteiger partial charge in [0.1, 0.15) is 13.2 Å². The Kier molecular flexibility index (Phi) is 66.2. The molecule has 0 aromatic carbocycles. The molecule has 0 fully saturated rings. The maximum atomic E-state index is 13.0. The minimum absolute atomic E-state index is 0.0748. The van der Waals surface area contributed by atoms with Crippen molar-refractivity contribution in [3.8, 4) is 0 Å². The van der Waals surface area contributed by atoms with Crippen molar-refractivity contribution in [3.05, 3.63) is 85.1 Å². The van der Waals surface area contributed by atoms with Gasteiger partial charge < -0.3 is 14.2 Å². The van der Waals surface area contributed by atoms with Gasteiger partial charge >= 0.3 is 17.9 Å². The molecule has 468 valence electrons. The molecular weight excluding hydrogens is 997 g/mol. The molecule has 6 nitrogen and oxygen atoms in total. The van der Waals surface area contributed by atoms with Gasteiger partial charge in [-0.1, -0.05) is 324 Å². The molecule has 0 spiro atoms. The number of hydrogen-bond donors (Lipinski definition) is 0. The molecule has 0 saturated carbocycles. The monoisotopic (exact) mass is 1130 g/mol. The van der Waals surface area contributed by atoms with Crippen molar-refractivity contribution in [1.82, 2.24) is 0 Å². The highest BCUT2D eigenvalue weighted by molar-refractivity contribution is 5.71. The van der Waals surface area contributed by atoms with Crippen LogP contribution in [0.15, 0.2) is 85.1 Å². The predicted octanol–water partition coefficient (Wildman–Crippen LogP) is 24.2. The standard InChI is InChI=1S/C75H132O6/c1-4-7-10-13-16-19-22-25-28-30-32-34-35-36-37-38-39-41-42-44-47-50-53-56-59-62-65-68-74(77)80-71-72(70-79-73(76)67-64-61-58-55-52-49-46-27-24-21-18-15-12-9-6-3)81-75(78)69-66-63-60-57-54-51-48-45-43-40-33-31-29-26-23-20-17-14-11-8-5-2/h7,10,16,19,23,25-26,28,31-34,36-37,72H,4-6,8-9,11-15,17-18,20-22,24,27,29-30,35,38-71H2,1-3H3/b10-7-,19-16-,26-23-,28-25-,33-31-,34-32-,37-36-. The second-order valence-corrected chi connectivity index (χ2v) is 23.4. The Bertz CT molecular complexity index is 1530. The van der Waals surface area contributed by atoms with Crippen molar-refractivity contribution in [2.75, 3.05) is 13.2 Å². The lowest BCUT2D eigenvalue weighted by Gasteiger charge is -2.18. The van der Waals surface area contributed by atoms with Crippen LogP contribution in [0.25, 0.3) is 0 Å². The Hall–Kier alpha value is -3.41. The molecule has 0 aromatic rings. The highest BCUT2D eigenvalue weighted by Crippen LogP contribution is 2.17. The van der Waals surface area contributed by atoms with Gasteiger partial charge in [0.05, 0.1) is 0 Å². The van der Waals surface area contributed by atoms with E-state index in [1.807, 2.05) is 0 Å². The van der Waals surface area contributed by atoms with Gasteiger partial charge in [0.15, 0.2) is 6.10 Å². The largest absolute Gasteiger partial charge is 0.462 e. The third-order valence-electron chi connectivity index (χ3n) is 15.4. The topological polar surface area (TPSA) is 78.9 Å². The van der Waals surface area contributed by atoms with E-state index in [0.717, 1.165) is 96.3 Å². The molecule has 0 rings (SSSR count). The van der Waals surface area contributed by atoms with Gasteiger partial charge in [-0.15, -0.1) is 0 Å². The summed E-state index contributed by atoms with van der Waals surface area (Å²) >= 11 is 0. The SMILES string of the molecule is CC/C=C\C/C=C\C/C=C\C/C=C\C/C=C\CCCCCCCCCCCCCC(=O)OCC(COC(=O)CCCCCCCCCCCCCCCCC)OC(=O)CCCCCCCCCCC/C=C\C/C=C\CCCCCCC. The molecule has 0 aliphatic carbocycles. The van der Waals surface area contributed by atoms with E-state index < -0.39 is 6.10 Å². The van der Waals surface area contributed by atoms with E-state index in [1.165, 1.54) is 218 Å². The number of carbonyl (C=O) groups is 3. The lowest BCUT2D eigenvalue weighted by molar-refractivity contribution is -0.167. The summed E-state index contributed by atoms with van der Waals surface area (Å²) < 4.78 is 17.0. The summed E-state index contributed by atoms with van der Waals surface area (Å²) in [6.07, 6.45) is 91.7. The first-order valence-corrected chi connectivity index (χ1v) is 35.1. The first-order valence-electron chi connectivity index (χ1n) is 35.1. The molecule has 0 N–H and O–H groups in total. The molecule has 0 bridgehead atoms. The van der Waals surface area contributed by atoms with Crippen LogP contribution < -0.4 is 0 Å². The molecule has 0 aliphatic rings. The van der Waals surface area contributed by atoms with E-state index in [-0.39, 0.29) is 31.1 Å². The lowest BCUT2D eigenvalue weighted by atomic mass is 10.0. The number of ether oxygens (including phenoxy) is 3. The van der Waals surface area contributed by atoms with E-state index in [4.69, 9.17) is 14.2 Å². The van der Waals surface area contributed by atoms with Crippen molar-refractivity contribution in [2.24, 2.45) is 0 Å². The maximum absolute atomic E-state index is 13.0. The zero-order valence-electron chi connectivity index (χ0n) is 53.8. The Morgan fingerprint density at radius 1 is 0.259 bits per heavy atom. The van der Waals surface area contributed by atoms with Crippen LogP contribution in [0.2, 0.25) is 0 Å². The Balaban J connectivity index is 4.32. The van der Waals surface area contributed by atoms with Crippen LogP contribution in [-0.4, -0.2) is 37.2 Å². The summed E-state index contributed by atoms with van der Waals surface area (Å²) in [5, 5.41) is 0. The number of hydrogen-bond acceptors (Lipinski definition) is 6. The van der Waals surface area contributed by atoms with Crippen LogP contribution >= 0.6 is 0 Å². The fourth-order valence-electron chi connectivity index (χ4n) is 10.2. The smallest absolute Gasteiger partial charge is 0.306 e. The first-order chi connectivity index (χ1) is 40.0. The molecule has 0 amide bonds. The Morgan fingerprint density at radius 2 is 0.481 bits per heavy atom. The lowest BCUT2D eigenvalue weighted by Crippen LogP contribution is -2.30. The fourth-order valence-corrected chi connectivity index (χ4v) is 10.2. The van der Waals surface area contributed by atoms with E-state index in [2.05, 4.69) is 106 Å². The highest BCUT2D eigenvalue weighted by atomic mass is 16.6. The minimum atomic E-state index is -0.780. The number of esters is 3. The highest BCUT2D eigenvalue weighted by Gasteiger charge is 2.19. The summed E-state index contributed by atoms with van der Waals surface area (Å²) in [4.78, 5) is 38.5. The average molecular weight is 1130 g/mol. The fraction of sp³-hybridized carbons (Fsp3) is 0.773. The zero-order chi connectivity index (χ0) is 58.5. The molecule has 0 radical (unpaired) electrons. The summed E-state index contributed by atoms with van der Waals surface area (Å²) in [5.41, 5.74) is 0. The van der Waals surface area contributed by atoms with Gasteiger partial charge in [0.25, 0.3) is 0 Å². The van der Waals surface area contributed by atoms with Gasteiger partial charge in [-0.25, -0.2) is 0 Å². The first kappa shape index (κ1) is 77.6. The summed E-state index contributed by atoms with van der Waals surface area (Å²) in [5.74, 6) is -0.862. The number of unbranched alkanes of at least 4 members (excludes halogenated alkanes) is 39. The second kappa shape index (κ2) is 69.1. The Labute approximate surface area is 503 Å². The van der Waals surface area contributed by atoms with E-state index in [0.29, 0.717) is 19.3 Å². The zero-order valence-corrected chi connectivity index (χ0v) is 53.8. The van der Waals surface area contributed by atoms with E-state index in [1.54, 1.807) is 0 Å². The van der Waals surface area contributed by atoms with Crippen molar-refractivity contribution in [1.29, 1.82) is 0 Å². The average Bonchev–Trinajstić information content (AvgIpc) is 3.47. The van der Waals surface area contributed by atoms with Crippen LogP contribution in [0, 0.1) is 0 Å². The summed E-state index contributed by atoms with van der Waals surface area (Å²) in [6.45, 7) is 6.56. The third-order valence-corrected chi connectivity index (χ3v) is 15.4.